The van der Waals surface area contributed by atoms with Crippen LogP contribution in [0.15, 0.2) is 11.1 Å². The van der Waals surface area contributed by atoms with E-state index >= 15 is 0 Å². The average Bonchev–Trinajstić information content (AvgIpc) is 2.43. The summed E-state index contributed by atoms with van der Waals surface area (Å²) in [6.07, 6.45) is 4.92. The van der Waals surface area contributed by atoms with Crippen LogP contribution in [0.25, 0.3) is 0 Å². The van der Waals surface area contributed by atoms with Gasteiger partial charge in [0.25, 0.3) is 0 Å². The summed E-state index contributed by atoms with van der Waals surface area (Å²) in [7, 11) is 0. The summed E-state index contributed by atoms with van der Waals surface area (Å²) in [4.78, 5) is 4.61. The fourth-order valence-corrected chi connectivity index (χ4v) is 2.37. The third kappa shape index (κ3) is 1.78. The number of aryl methyl sites for hydroxylation is 2. The Morgan fingerprint density at radius 2 is 2.21 bits per heavy atom. The molecule has 0 fully saturated rings. The minimum atomic E-state index is 0.855. The molecular weight excluding hydrogens is 240 g/mol. The number of halogens is 1. The zero-order valence-electron chi connectivity index (χ0n) is 8.52. The lowest BCUT2D eigenvalue weighted by Gasteiger charge is -2.14. The fourth-order valence-electron chi connectivity index (χ4n) is 2.12. The van der Waals surface area contributed by atoms with Crippen LogP contribution >= 0.6 is 15.9 Å². The number of hydrogen-bond acceptors (Lipinski definition) is 1. The Morgan fingerprint density at radius 1 is 1.50 bits per heavy atom. The van der Waals surface area contributed by atoms with Crippen LogP contribution in [0.2, 0.25) is 0 Å². The molecule has 0 saturated carbocycles. The Morgan fingerprint density at radius 3 is 2.93 bits per heavy atom. The molecule has 1 heterocycles. The standard InChI is InChI=1S/C11H15BrN2/c1-8(12)7-14-9(2)13-10-5-3-4-6-11(10)14/h1,3-7H2,2H3. The molecule has 76 valence electrons. The molecule has 2 rings (SSSR count). The molecule has 1 aromatic heterocycles. The topological polar surface area (TPSA) is 17.8 Å². The molecule has 0 aromatic carbocycles. The fraction of sp³-hybridized carbons (Fsp3) is 0.545. The van der Waals surface area contributed by atoms with E-state index in [-0.39, 0.29) is 0 Å². The molecule has 1 aromatic rings. The lowest BCUT2D eigenvalue weighted by atomic mass is 10.0. The predicted octanol–water partition coefficient (Wildman–Crippen LogP) is 2.98. The Hall–Kier alpha value is -0.570. The van der Waals surface area contributed by atoms with Gasteiger partial charge in [0.1, 0.15) is 5.82 Å². The smallest absolute Gasteiger partial charge is 0.106 e. The van der Waals surface area contributed by atoms with Crippen LogP contribution < -0.4 is 0 Å². The van der Waals surface area contributed by atoms with Crippen molar-refractivity contribution >= 4 is 15.9 Å². The summed E-state index contributed by atoms with van der Waals surface area (Å²) < 4.78 is 3.30. The van der Waals surface area contributed by atoms with E-state index < -0.39 is 0 Å². The van der Waals surface area contributed by atoms with Gasteiger partial charge in [-0.3, -0.25) is 0 Å². The highest BCUT2D eigenvalue weighted by atomic mass is 79.9. The van der Waals surface area contributed by atoms with Gasteiger partial charge in [0.05, 0.1) is 12.2 Å². The Bertz CT molecular complexity index is 366. The number of fused-ring (bicyclic) bond motifs is 1. The molecule has 0 spiro atoms. The van der Waals surface area contributed by atoms with Gasteiger partial charge >= 0.3 is 0 Å². The largest absolute Gasteiger partial charge is 0.327 e. The van der Waals surface area contributed by atoms with Gasteiger partial charge < -0.3 is 4.57 Å². The number of allylic oxidation sites excluding steroid dienone is 1. The molecule has 0 N–H and O–H groups in total. The SMILES string of the molecule is C=C(Br)Cn1c(C)nc2c1CCCC2. The second kappa shape index (κ2) is 3.89. The van der Waals surface area contributed by atoms with Gasteiger partial charge in [0.2, 0.25) is 0 Å². The molecule has 3 heteroatoms. The second-order valence-corrected chi connectivity index (χ2v) is 4.98. The molecular formula is C11H15BrN2. The molecule has 2 nitrogen and oxygen atoms in total. The molecule has 1 aliphatic rings. The van der Waals surface area contributed by atoms with Crippen LogP contribution in [0.1, 0.15) is 30.1 Å². The van der Waals surface area contributed by atoms with Gasteiger partial charge in [-0.05, 0) is 32.6 Å². The molecule has 0 radical (unpaired) electrons. The van der Waals surface area contributed by atoms with Crippen LogP contribution in [-0.2, 0) is 19.4 Å². The van der Waals surface area contributed by atoms with Crippen molar-refractivity contribution < 1.29 is 0 Å². The maximum Gasteiger partial charge on any atom is 0.106 e. The third-order valence-corrected chi connectivity index (χ3v) is 3.00. The highest BCUT2D eigenvalue weighted by Crippen LogP contribution is 2.23. The lowest BCUT2D eigenvalue weighted by Crippen LogP contribution is -2.09. The van der Waals surface area contributed by atoms with Crippen molar-refractivity contribution in [2.45, 2.75) is 39.2 Å². The van der Waals surface area contributed by atoms with Crippen molar-refractivity contribution in [2.75, 3.05) is 0 Å². The van der Waals surface area contributed by atoms with Crippen molar-refractivity contribution in [3.8, 4) is 0 Å². The summed E-state index contributed by atoms with van der Waals surface area (Å²) in [5.74, 6) is 1.12. The van der Waals surface area contributed by atoms with E-state index in [9.17, 15) is 0 Å². The van der Waals surface area contributed by atoms with Gasteiger partial charge in [0.15, 0.2) is 0 Å². The number of aromatic nitrogens is 2. The zero-order valence-corrected chi connectivity index (χ0v) is 10.1. The maximum atomic E-state index is 4.61. The molecule has 0 atom stereocenters. The van der Waals surface area contributed by atoms with E-state index in [0.29, 0.717) is 0 Å². The van der Waals surface area contributed by atoms with E-state index in [2.05, 4.69) is 39.0 Å². The third-order valence-electron chi connectivity index (χ3n) is 2.75. The Labute approximate surface area is 93.2 Å². The first kappa shape index (κ1) is 9.97. The summed E-state index contributed by atoms with van der Waals surface area (Å²) in [5, 5.41) is 0. The first-order valence-electron chi connectivity index (χ1n) is 5.06. The zero-order chi connectivity index (χ0) is 10.1. The first-order valence-corrected chi connectivity index (χ1v) is 5.86. The highest BCUT2D eigenvalue weighted by Gasteiger charge is 2.17. The van der Waals surface area contributed by atoms with Crippen molar-refractivity contribution in [1.29, 1.82) is 0 Å². The average molecular weight is 255 g/mol. The summed E-state index contributed by atoms with van der Waals surface area (Å²) in [5.41, 5.74) is 2.73. The minimum absolute atomic E-state index is 0.855. The molecule has 0 aliphatic heterocycles. The van der Waals surface area contributed by atoms with E-state index in [1.54, 1.807) is 0 Å². The van der Waals surface area contributed by atoms with Gasteiger partial charge in [-0.25, -0.2) is 4.98 Å². The van der Waals surface area contributed by atoms with Crippen LogP contribution in [0.5, 0.6) is 0 Å². The van der Waals surface area contributed by atoms with E-state index in [1.165, 1.54) is 30.7 Å². The molecule has 14 heavy (non-hydrogen) atoms. The summed E-state index contributed by atoms with van der Waals surface area (Å²) in [6, 6.07) is 0. The molecule has 1 aliphatic carbocycles. The summed E-state index contributed by atoms with van der Waals surface area (Å²) in [6.45, 7) is 6.82. The van der Waals surface area contributed by atoms with Crippen LogP contribution in [0.4, 0.5) is 0 Å². The van der Waals surface area contributed by atoms with E-state index in [4.69, 9.17) is 0 Å². The number of rotatable bonds is 2. The maximum absolute atomic E-state index is 4.61. The summed E-state index contributed by atoms with van der Waals surface area (Å²) >= 11 is 3.41. The molecule has 0 saturated heterocycles. The number of imidazole rings is 1. The van der Waals surface area contributed by atoms with Crippen LogP contribution in [0.3, 0.4) is 0 Å². The second-order valence-electron chi connectivity index (χ2n) is 3.86. The molecule has 0 amide bonds. The molecule has 0 bridgehead atoms. The lowest BCUT2D eigenvalue weighted by molar-refractivity contribution is 0.627. The van der Waals surface area contributed by atoms with Crippen molar-refractivity contribution in [1.82, 2.24) is 9.55 Å². The van der Waals surface area contributed by atoms with Crippen molar-refractivity contribution in [3.63, 3.8) is 0 Å². The van der Waals surface area contributed by atoms with Gasteiger partial charge in [-0.2, -0.15) is 0 Å². The van der Waals surface area contributed by atoms with Crippen LogP contribution in [0, 0.1) is 6.92 Å². The number of nitrogens with zero attached hydrogens (tertiary/aromatic N) is 2. The van der Waals surface area contributed by atoms with Gasteiger partial charge in [-0.15, -0.1) is 0 Å². The quantitative estimate of drug-likeness (QED) is 0.794. The monoisotopic (exact) mass is 254 g/mol. The van der Waals surface area contributed by atoms with Gasteiger partial charge in [0, 0.05) is 10.2 Å². The van der Waals surface area contributed by atoms with Crippen molar-refractivity contribution in [3.05, 3.63) is 28.3 Å². The Balaban J connectivity index is 2.37. The molecule has 0 unspecified atom stereocenters. The Kier molecular flexibility index (Phi) is 2.77. The number of hydrogen-bond donors (Lipinski definition) is 0. The van der Waals surface area contributed by atoms with E-state index in [0.717, 1.165) is 23.3 Å². The first-order chi connectivity index (χ1) is 6.68. The van der Waals surface area contributed by atoms with Crippen molar-refractivity contribution in [2.24, 2.45) is 0 Å². The predicted molar refractivity (Wildman–Crippen MR) is 61.7 cm³/mol. The minimum Gasteiger partial charge on any atom is -0.327 e. The van der Waals surface area contributed by atoms with Gasteiger partial charge in [-0.1, -0.05) is 22.5 Å². The van der Waals surface area contributed by atoms with Crippen LogP contribution in [-0.4, -0.2) is 9.55 Å². The normalized spacial score (nSPS) is 15.3. The van der Waals surface area contributed by atoms with E-state index in [1.807, 2.05) is 0 Å². The highest BCUT2D eigenvalue weighted by molar-refractivity contribution is 9.11.